The molecule has 3 rings (SSSR count). The highest BCUT2D eigenvalue weighted by Gasteiger charge is 2.24. The van der Waals surface area contributed by atoms with Crippen LogP contribution in [-0.2, 0) is 18.3 Å². The molecule has 2 aromatic rings. The molecule has 0 spiro atoms. The maximum atomic E-state index is 12.1. The van der Waals surface area contributed by atoms with E-state index in [9.17, 15) is 9.59 Å². The van der Waals surface area contributed by atoms with Crippen LogP contribution in [0.15, 0.2) is 30.5 Å². The number of nitrogens with one attached hydrogen (secondary N) is 3. The third kappa shape index (κ3) is 4.30. The summed E-state index contributed by atoms with van der Waals surface area (Å²) in [6.45, 7) is -0.110. The Hall–Kier alpha value is -2.54. The van der Waals surface area contributed by atoms with Gasteiger partial charge in [-0.1, -0.05) is 11.6 Å². The predicted molar refractivity (Wildman–Crippen MR) is 95.5 cm³/mol. The lowest BCUT2D eigenvalue weighted by molar-refractivity contribution is -0.115. The number of amides is 3. The molecule has 3 amide bonds. The van der Waals surface area contributed by atoms with Crippen LogP contribution in [0.1, 0.15) is 30.1 Å². The lowest BCUT2D eigenvalue weighted by Crippen LogP contribution is -2.42. The Balaban J connectivity index is 1.48. The molecule has 132 valence electrons. The Morgan fingerprint density at radius 1 is 1.32 bits per heavy atom. The number of rotatable bonds is 4. The van der Waals surface area contributed by atoms with Crippen LogP contribution in [0.3, 0.4) is 0 Å². The van der Waals surface area contributed by atoms with Gasteiger partial charge in [-0.05, 0) is 43.5 Å². The number of aryl methyl sites for hydroxylation is 1. The summed E-state index contributed by atoms with van der Waals surface area (Å²) in [5.41, 5.74) is 2.83. The van der Waals surface area contributed by atoms with Gasteiger partial charge in [-0.15, -0.1) is 0 Å². The fourth-order valence-electron chi connectivity index (χ4n) is 2.96. The normalized spacial score (nSPS) is 16.0. The third-order valence-electron chi connectivity index (χ3n) is 4.22. The van der Waals surface area contributed by atoms with Crippen LogP contribution in [0.2, 0.25) is 5.02 Å². The molecule has 8 heteroatoms. The van der Waals surface area contributed by atoms with Crippen LogP contribution < -0.4 is 16.0 Å². The van der Waals surface area contributed by atoms with Crippen molar-refractivity contribution in [1.82, 2.24) is 20.4 Å². The number of anilines is 1. The number of hydrogen-bond acceptors (Lipinski definition) is 3. The van der Waals surface area contributed by atoms with Gasteiger partial charge < -0.3 is 16.0 Å². The Kier molecular flexibility index (Phi) is 5.23. The first kappa shape index (κ1) is 17.3. The minimum absolute atomic E-state index is 0.0724. The average molecular weight is 362 g/mol. The summed E-state index contributed by atoms with van der Waals surface area (Å²) < 4.78 is 1.85. The Labute approximate surface area is 150 Å². The lowest BCUT2D eigenvalue weighted by atomic mass is 9.93. The highest BCUT2D eigenvalue weighted by atomic mass is 35.5. The summed E-state index contributed by atoms with van der Waals surface area (Å²) in [4.78, 5) is 24.0. The fraction of sp³-hybridized carbons (Fsp3) is 0.353. The molecule has 1 aliphatic rings. The zero-order chi connectivity index (χ0) is 17.8. The number of nitrogens with zero attached hydrogens (tertiary/aromatic N) is 2. The Morgan fingerprint density at radius 2 is 2.08 bits per heavy atom. The second-order valence-corrected chi connectivity index (χ2v) is 6.43. The van der Waals surface area contributed by atoms with E-state index in [0.717, 1.165) is 30.5 Å². The van der Waals surface area contributed by atoms with Crippen LogP contribution >= 0.6 is 11.6 Å². The molecule has 7 nitrogen and oxygen atoms in total. The molecule has 1 heterocycles. The van der Waals surface area contributed by atoms with Gasteiger partial charge in [0.05, 0.1) is 18.8 Å². The smallest absolute Gasteiger partial charge is 0.315 e. The molecule has 0 aliphatic heterocycles. The minimum atomic E-state index is -0.368. The first-order chi connectivity index (χ1) is 12.0. The number of urea groups is 1. The maximum Gasteiger partial charge on any atom is 0.315 e. The zero-order valence-corrected chi connectivity index (χ0v) is 14.6. The van der Waals surface area contributed by atoms with Crippen molar-refractivity contribution in [3.05, 3.63) is 46.7 Å². The molecule has 1 atom stereocenters. The first-order valence-electron chi connectivity index (χ1n) is 8.13. The van der Waals surface area contributed by atoms with E-state index in [0.29, 0.717) is 10.7 Å². The molecular weight excluding hydrogens is 342 g/mol. The molecule has 3 N–H and O–H groups in total. The van der Waals surface area contributed by atoms with Gasteiger partial charge in [0.15, 0.2) is 0 Å². The van der Waals surface area contributed by atoms with Crippen molar-refractivity contribution in [2.24, 2.45) is 7.05 Å². The quantitative estimate of drug-likeness (QED) is 0.781. The van der Waals surface area contributed by atoms with Gasteiger partial charge in [-0.2, -0.15) is 5.10 Å². The van der Waals surface area contributed by atoms with Crippen molar-refractivity contribution in [1.29, 1.82) is 0 Å². The molecule has 0 radical (unpaired) electrons. The molecule has 25 heavy (non-hydrogen) atoms. The van der Waals surface area contributed by atoms with Crippen LogP contribution in [0.25, 0.3) is 0 Å². The molecule has 0 unspecified atom stereocenters. The number of carbonyl (C=O) groups is 2. The van der Waals surface area contributed by atoms with Crippen LogP contribution in [-0.4, -0.2) is 28.3 Å². The fourth-order valence-corrected chi connectivity index (χ4v) is 3.09. The van der Waals surface area contributed by atoms with Crippen molar-refractivity contribution >= 4 is 29.2 Å². The number of aromatic nitrogens is 2. The van der Waals surface area contributed by atoms with Crippen LogP contribution in [0.5, 0.6) is 0 Å². The molecular formula is C17H20ClN5O2. The highest BCUT2D eigenvalue weighted by Crippen LogP contribution is 2.28. The third-order valence-corrected chi connectivity index (χ3v) is 4.47. The Morgan fingerprint density at radius 3 is 2.84 bits per heavy atom. The summed E-state index contributed by atoms with van der Waals surface area (Å²) in [5.74, 6) is -0.303. The number of carbonyl (C=O) groups excluding carboxylic acids is 2. The molecule has 1 aromatic carbocycles. The van der Waals surface area contributed by atoms with Gasteiger partial charge in [0.1, 0.15) is 0 Å². The van der Waals surface area contributed by atoms with E-state index in [1.165, 1.54) is 0 Å². The highest BCUT2D eigenvalue weighted by molar-refractivity contribution is 6.30. The van der Waals surface area contributed by atoms with Crippen molar-refractivity contribution in [2.45, 2.75) is 25.3 Å². The molecule has 0 fully saturated rings. The van der Waals surface area contributed by atoms with Crippen molar-refractivity contribution in [3.8, 4) is 0 Å². The topological polar surface area (TPSA) is 88.1 Å². The Bertz CT molecular complexity index is 772. The summed E-state index contributed by atoms with van der Waals surface area (Å²) in [6, 6.07) is 6.33. The summed E-state index contributed by atoms with van der Waals surface area (Å²) in [6.07, 6.45) is 4.62. The average Bonchev–Trinajstić information content (AvgIpc) is 2.98. The van der Waals surface area contributed by atoms with Gasteiger partial charge in [-0.25, -0.2) is 4.79 Å². The number of hydrogen-bond donors (Lipinski definition) is 3. The van der Waals surface area contributed by atoms with E-state index >= 15 is 0 Å². The first-order valence-corrected chi connectivity index (χ1v) is 8.51. The van der Waals surface area contributed by atoms with Crippen molar-refractivity contribution < 1.29 is 9.59 Å². The van der Waals surface area contributed by atoms with Gasteiger partial charge in [0.25, 0.3) is 0 Å². The standard InChI is InChI=1S/C17H20ClN5O2/c1-23-15-4-2-3-14(13(15)9-20-23)22-17(25)19-10-16(24)21-12-7-5-11(18)6-8-12/h5-9,14H,2-4,10H2,1H3,(H,21,24)(H2,19,22,25)/t14-/m0/s1. The van der Waals surface area contributed by atoms with E-state index in [1.807, 2.05) is 11.7 Å². The molecule has 0 bridgehead atoms. The van der Waals surface area contributed by atoms with Crippen LogP contribution in [0.4, 0.5) is 10.5 Å². The molecule has 0 saturated heterocycles. The minimum Gasteiger partial charge on any atom is -0.331 e. The summed E-state index contributed by atoms with van der Waals surface area (Å²) >= 11 is 5.80. The SMILES string of the molecule is Cn1ncc2c1CCC[C@@H]2NC(=O)NCC(=O)Nc1ccc(Cl)cc1. The van der Waals surface area contributed by atoms with Gasteiger partial charge in [0.2, 0.25) is 5.91 Å². The largest absolute Gasteiger partial charge is 0.331 e. The number of benzene rings is 1. The van der Waals surface area contributed by atoms with Gasteiger partial charge >= 0.3 is 6.03 Å². The zero-order valence-electron chi connectivity index (χ0n) is 13.9. The number of fused-ring (bicyclic) bond motifs is 1. The van der Waals surface area contributed by atoms with E-state index in [1.54, 1.807) is 30.5 Å². The molecule has 1 aromatic heterocycles. The predicted octanol–water partition coefficient (Wildman–Crippen LogP) is 2.39. The van der Waals surface area contributed by atoms with E-state index in [2.05, 4.69) is 21.0 Å². The molecule has 0 saturated carbocycles. The monoisotopic (exact) mass is 361 g/mol. The van der Waals surface area contributed by atoms with Gasteiger partial charge in [-0.3, -0.25) is 9.48 Å². The summed E-state index contributed by atoms with van der Waals surface area (Å²) in [5, 5.41) is 13.0. The van der Waals surface area contributed by atoms with E-state index < -0.39 is 0 Å². The van der Waals surface area contributed by atoms with Crippen molar-refractivity contribution in [3.63, 3.8) is 0 Å². The van der Waals surface area contributed by atoms with E-state index in [4.69, 9.17) is 11.6 Å². The second-order valence-electron chi connectivity index (χ2n) is 6.00. The van der Waals surface area contributed by atoms with E-state index in [-0.39, 0.29) is 24.5 Å². The van der Waals surface area contributed by atoms with Gasteiger partial charge in [0, 0.05) is 29.0 Å². The van der Waals surface area contributed by atoms with Crippen molar-refractivity contribution in [2.75, 3.05) is 11.9 Å². The molecule has 1 aliphatic carbocycles. The maximum absolute atomic E-state index is 12.1. The second kappa shape index (κ2) is 7.57. The number of halogens is 1. The summed E-state index contributed by atoms with van der Waals surface area (Å²) in [7, 11) is 1.91. The van der Waals surface area contributed by atoms with Crippen LogP contribution in [0, 0.1) is 0 Å². The lowest BCUT2D eigenvalue weighted by Gasteiger charge is -2.23.